The fourth-order valence-electron chi connectivity index (χ4n) is 2.70. The van der Waals surface area contributed by atoms with Gasteiger partial charge >= 0.3 is 0 Å². The lowest BCUT2D eigenvalue weighted by molar-refractivity contribution is 0.210. The first kappa shape index (κ1) is 14.3. The lowest BCUT2D eigenvalue weighted by Gasteiger charge is -2.33. The van der Waals surface area contributed by atoms with Crippen molar-refractivity contribution in [1.82, 2.24) is 10.1 Å². The molecule has 0 aliphatic carbocycles. The van der Waals surface area contributed by atoms with Crippen molar-refractivity contribution in [1.29, 1.82) is 0 Å². The number of aliphatic hydroxyl groups excluding tert-OH is 1. The van der Waals surface area contributed by atoms with Gasteiger partial charge in [-0.2, -0.15) is 4.98 Å². The Balaban J connectivity index is 1.88. The number of hydrogen-bond donors (Lipinski definition) is 1. The van der Waals surface area contributed by atoms with Crippen LogP contribution < -0.4 is 4.90 Å². The van der Waals surface area contributed by atoms with Gasteiger partial charge < -0.3 is 14.5 Å². The Kier molecular flexibility index (Phi) is 4.80. The third kappa shape index (κ3) is 3.47. The molecule has 1 aromatic heterocycles. The third-order valence-electron chi connectivity index (χ3n) is 4.14. The zero-order valence-corrected chi connectivity index (χ0v) is 12.2. The molecule has 1 saturated heterocycles. The lowest BCUT2D eigenvalue weighted by atomic mass is 9.84. The van der Waals surface area contributed by atoms with Gasteiger partial charge in [-0.3, -0.25) is 0 Å². The van der Waals surface area contributed by atoms with Crippen LogP contribution in [0, 0.1) is 11.8 Å². The van der Waals surface area contributed by atoms with E-state index in [2.05, 4.69) is 35.8 Å². The minimum atomic E-state index is 0.281. The Bertz CT molecular complexity index is 384. The SMILES string of the molecule is CC(C)c1nc(N2CCC([C@H](C)CCO)CC2)no1. The molecular formula is C14H25N3O2. The van der Waals surface area contributed by atoms with Crippen LogP contribution in [-0.4, -0.2) is 34.9 Å². The van der Waals surface area contributed by atoms with E-state index in [1.54, 1.807) is 0 Å². The van der Waals surface area contributed by atoms with Crippen molar-refractivity contribution in [2.24, 2.45) is 11.8 Å². The maximum Gasteiger partial charge on any atom is 0.266 e. The standard InChI is InChI=1S/C14H25N3O2/c1-10(2)13-15-14(16-19-13)17-7-4-12(5-8-17)11(3)6-9-18/h10-12,18H,4-9H2,1-3H3/t11-/m1/s1. The first-order valence-electron chi connectivity index (χ1n) is 7.31. The van der Waals surface area contributed by atoms with Gasteiger partial charge in [-0.25, -0.2) is 0 Å². The van der Waals surface area contributed by atoms with Gasteiger partial charge in [-0.1, -0.05) is 20.8 Å². The number of rotatable bonds is 5. The summed E-state index contributed by atoms with van der Waals surface area (Å²) < 4.78 is 5.26. The summed E-state index contributed by atoms with van der Waals surface area (Å²) in [6, 6.07) is 0. The molecule has 0 radical (unpaired) electrons. The first-order chi connectivity index (χ1) is 9.11. The predicted molar refractivity (Wildman–Crippen MR) is 74.2 cm³/mol. The van der Waals surface area contributed by atoms with Gasteiger partial charge in [0.05, 0.1) is 0 Å². The molecule has 5 heteroatoms. The second-order valence-corrected chi connectivity index (χ2v) is 5.90. The molecule has 0 saturated carbocycles. The minimum Gasteiger partial charge on any atom is -0.396 e. The van der Waals surface area contributed by atoms with Gasteiger partial charge in [0.15, 0.2) is 0 Å². The van der Waals surface area contributed by atoms with Crippen molar-refractivity contribution in [2.45, 2.75) is 46.0 Å². The largest absolute Gasteiger partial charge is 0.396 e. The van der Waals surface area contributed by atoms with E-state index >= 15 is 0 Å². The van der Waals surface area contributed by atoms with E-state index in [9.17, 15) is 0 Å². The van der Waals surface area contributed by atoms with Crippen molar-refractivity contribution in [3.05, 3.63) is 5.89 Å². The molecule has 19 heavy (non-hydrogen) atoms. The highest BCUT2D eigenvalue weighted by atomic mass is 16.5. The number of aliphatic hydroxyl groups is 1. The van der Waals surface area contributed by atoms with E-state index in [4.69, 9.17) is 9.63 Å². The van der Waals surface area contributed by atoms with Crippen LogP contribution in [0.3, 0.4) is 0 Å². The Morgan fingerprint density at radius 2 is 2.00 bits per heavy atom. The zero-order chi connectivity index (χ0) is 13.8. The molecule has 5 nitrogen and oxygen atoms in total. The average molecular weight is 267 g/mol. The molecule has 1 N–H and O–H groups in total. The van der Waals surface area contributed by atoms with E-state index in [1.165, 1.54) is 0 Å². The second-order valence-electron chi connectivity index (χ2n) is 5.90. The van der Waals surface area contributed by atoms with Crippen LogP contribution in [0.1, 0.15) is 51.8 Å². The van der Waals surface area contributed by atoms with E-state index in [-0.39, 0.29) is 5.92 Å². The molecular weight excluding hydrogens is 242 g/mol. The van der Waals surface area contributed by atoms with Crippen LogP contribution in [0.5, 0.6) is 0 Å². The molecule has 0 spiro atoms. The van der Waals surface area contributed by atoms with E-state index in [1.807, 2.05) is 0 Å². The molecule has 0 unspecified atom stereocenters. The average Bonchev–Trinajstić information content (AvgIpc) is 2.89. The number of aromatic nitrogens is 2. The summed E-state index contributed by atoms with van der Waals surface area (Å²) in [7, 11) is 0. The Hall–Kier alpha value is -1.10. The first-order valence-corrected chi connectivity index (χ1v) is 7.31. The van der Waals surface area contributed by atoms with E-state index < -0.39 is 0 Å². The fraction of sp³-hybridized carbons (Fsp3) is 0.857. The van der Waals surface area contributed by atoms with Gasteiger partial charge in [0.25, 0.3) is 5.95 Å². The molecule has 1 aromatic rings. The topological polar surface area (TPSA) is 62.4 Å². The molecule has 0 aromatic carbocycles. The molecule has 1 aliphatic heterocycles. The van der Waals surface area contributed by atoms with Gasteiger partial charge in [0, 0.05) is 25.6 Å². The quantitative estimate of drug-likeness (QED) is 0.887. The number of anilines is 1. The molecule has 1 atom stereocenters. The van der Waals surface area contributed by atoms with Crippen molar-refractivity contribution in [3.63, 3.8) is 0 Å². The number of hydrogen-bond acceptors (Lipinski definition) is 5. The van der Waals surface area contributed by atoms with Crippen molar-refractivity contribution >= 4 is 5.95 Å². The Morgan fingerprint density at radius 3 is 2.53 bits per heavy atom. The van der Waals surface area contributed by atoms with Crippen molar-refractivity contribution in [3.8, 4) is 0 Å². The summed E-state index contributed by atoms with van der Waals surface area (Å²) in [6.07, 6.45) is 3.20. The van der Waals surface area contributed by atoms with Crippen molar-refractivity contribution < 1.29 is 9.63 Å². The zero-order valence-electron chi connectivity index (χ0n) is 12.2. The Morgan fingerprint density at radius 1 is 1.32 bits per heavy atom. The van der Waals surface area contributed by atoms with E-state index in [0.29, 0.717) is 24.3 Å². The maximum atomic E-state index is 9.01. The molecule has 0 bridgehead atoms. The van der Waals surface area contributed by atoms with Crippen LogP contribution >= 0.6 is 0 Å². The summed E-state index contributed by atoms with van der Waals surface area (Å²) in [5.74, 6) is 3.04. The van der Waals surface area contributed by atoms with Gasteiger partial charge in [0.2, 0.25) is 5.89 Å². The summed E-state index contributed by atoms with van der Waals surface area (Å²) >= 11 is 0. The highest BCUT2D eigenvalue weighted by Crippen LogP contribution is 2.28. The summed E-state index contributed by atoms with van der Waals surface area (Å²) in [5.41, 5.74) is 0. The van der Waals surface area contributed by atoms with Crippen LogP contribution in [0.25, 0.3) is 0 Å². The second kappa shape index (κ2) is 6.37. The summed E-state index contributed by atoms with van der Waals surface area (Å²) in [5, 5.41) is 13.1. The number of nitrogens with zero attached hydrogens (tertiary/aromatic N) is 3. The van der Waals surface area contributed by atoms with Gasteiger partial charge in [-0.15, -0.1) is 0 Å². The van der Waals surface area contributed by atoms with Gasteiger partial charge in [-0.05, 0) is 36.3 Å². The van der Waals surface area contributed by atoms with Crippen LogP contribution in [-0.2, 0) is 0 Å². The highest BCUT2D eigenvalue weighted by molar-refractivity contribution is 5.28. The molecule has 108 valence electrons. The van der Waals surface area contributed by atoms with Crippen LogP contribution in [0.15, 0.2) is 4.52 Å². The van der Waals surface area contributed by atoms with Crippen molar-refractivity contribution in [2.75, 3.05) is 24.6 Å². The molecule has 2 heterocycles. The Labute approximate surface area is 115 Å². The summed E-state index contributed by atoms with van der Waals surface area (Å²) in [4.78, 5) is 6.65. The normalized spacial score (nSPS) is 19.1. The monoisotopic (exact) mass is 267 g/mol. The molecule has 1 fully saturated rings. The third-order valence-corrected chi connectivity index (χ3v) is 4.14. The fourth-order valence-corrected chi connectivity index (χ4v) is 2.70. The molecule has 0 amide bonds. The molecule has 1 aliphatic rings. The predicted octanol–water partition coefficient (Wildman–Crippen LogP) is 2.43. The van der Waals surface area contributed by atoms with Crippen LogP contribution in [0.2, 0.25) is 0 Å². The minimum absolute atomic E-state index is 0.281. The highest BCUT2D eigenvalue weighted by Gasteiger charge is 2.26. The van der Waals surface area contributed by atoms with Crippen LogP contribution in [0.4, 0.5) is 5.95 Å². The smallest absolute Gasteiger partial charge is 0.266 e. The maximum absolute atomic E-state index is 9.01. The molecule has 2 rings (SSSR count). The van der Waals surface area contributed by atoms with Gasteiger partial charge in [0.1, 0.15) is 0 Å². The summed E-state index contributed by atoms with van der Waals surface area (Å²) in [6.45, 7) is 8.61. The van der Waals surface area contributed by atoms with E-state index in [0.717, 1.165) is 38.3 Å². The lowest BCUT2D eigenvalue weighted by Crippen LogP contribution is -2.36. The number of piperidine rings is 1.